The Balaban J connectivity index is 2.64. The fraction of sp³-hybridized carbons (Fsp3) is 0.333. The third kappa shape index (κ3) is 3.99. The van der Waals surface area contributed by atoms with Crippen LogP contribution >= 0.6 is 22.6 Å². The molecule has 0 saturated carbocycles. The second-order valence-electron chi connectivity index (χ2n) is 3.91. The van der Waals surface area contributed by atoms with Crippen LogP contribution in [0.5, 0.6) is 0 Å². The minimum atomic E-state index is -0.913. The van der Waals surface area contributed by atoms with Crippen molar-refractivity contribution >= 4 is 34.5 Å². The van der Waals surface area contributed by atoms with E-state index in [4.69, 9.17) is 5.11 Å². The van der Waals surface area contributed by atoms with E-state index in [9.17, 15) is 9.59 Å². The minimum Gasteiger partial charge on any atom is -0.481 e. The SMILES string of the molecule is Cc1ccc(C(=O)NCC(C)C(=O)O)cc1I. The van der Waals surface area contributed by atoms with Gasteiger partial charge in [0.15, 0.2) is 0 Å². The van der Waals surface area contributed by atoms with Crippen LogP contribution in [0.25, 0.3) is 0 Å². The highest BCUT2D eigenvalue weighted by Gasteiger charge is 2.13. The Morgan fingerprint density at radius 3 is 2.65 bits per heavy atom. The van der Waals surface area contributed by atoms with E-state index in [-0.39, 0.29) is 12.5 Å². The molecule has 2 N–H and O–H groups in total. The van der Waals surface area contributed by atoms with Crippen molar-refractivity contribution < 1.29 is 14.7 Å². The van der Waals surface area contributed by atoms with E-state index in [1.807, 2.05) is 13.0 Å². The van der Waals surface area contributed by atoms with Crippen LogP contribution in [0.4, 0.5) is 0 Å². The maximum Gasteiger partial charge on any atom is 0.308 e. The van der Waals surface area contributed by atoms with E-state index in [1.54, 1.807) is 19.1 Å². The number of carboxylic acid groups (broad SMARTS) is 1. The lowest BCUT2D eigenvalue weighted by Crippen LogP contribution is -2.31. The van der Waals surface area contributed by atoms with E-state index < -0.39 is 11.9 Å². The van der Waals surface area contributed by atoms with Crippen molar-refractivity contribution in [3.63, 3.8) is 0 Å². The summed E-state index contributed by atoms with van der Waals surface area (Å²) in [5, 5.41) is 11.3. The third-order valence-corrected chi connectivity index (χ3v) is 3.59. The molecule has 92 valence electrons. The summed E-state index contributed by atoms with van der Waals surface area (Å²) in [5.74, 6) is -1.73. The lowest BCUT2D eigenvalue weighted by molar-refractivity contribution is -0.140. The van der Waals surface area contributed by atoms with Gasteiger partial charge in [0.05, 0.1) is 5.92 Å². The number of rotatable bonds is 4. The zero-order valence-electron chi connectivity index (χ0n) is 9.66. The molecule has 1 unspecified atom stereocenters. The summed E-state index contributed by atoms with van der Waals surface area (Å²) in [6, 6.07) is 5.40. The smallest absolute Gasteiger partial charge is 0.308 e. The number of amides is 1. The van der Waals surface area contributed by atoms with Crippen molar-refractivity contribution in [2.24, 2.45) is 5.92 Å². The molecule has 0 aliphatic heterocycles. The topological polar surface area (TPSA) is 66.4 Å². The molecule has 1 aromatic rings. The Morgan fingerprint density at radius 1 is 1.47 bits per heavy atom. The Morgan fingerprint density at radius 2 is 2.12 bits per heavy atom. The first kappa shape index (κ1) is 14.0. The number of carbonyl (C=O) groups is 2. The highest BCUT2D eigenvalue weighted by atomic mass is 127. The van der Waals surface area contributed by atoms with Gasteiger partial charge in [-0.15, -0.1) is 0 Å². The van der Waals surface area contributed by atoms with E-state index >= 15 is 0 Å². The van der Waals surface area contributed by atoms with Gasteiger partial charge in [-0.25, -0.2) is 0 Å². The fourth-order valence-electron chi connectivity index (χ4n) is 1.17. The van der Waals surface area contributed by atoms with Gasteiger partial charge >= 0.3 is 5.97 Å². The average Bonchev–Trinajstić information content (AvgIpc) is 2.28. The number of halogens is 1. The molecule has 0 saturated heterocycles. The van der Waals surface area contributed by atoms with Crippen molar-refractivity contribution in [3.05, 3.63) is 32.9 Å². The van der Waals surface area contributed by atoms with Crippen LogP contribution in [0, 0.1) is 16.4 Å². The van der Waals surface area contributed by atoms with Crippen molar-refractivity contribution in [1.82, 2.24) is 5.32 Å². The fourth-order valence-corrected chi connectivity index (χ4v) is 1.68. The maximum atomic E-state index is 11.7. The molecule has 1 atom stereocenters. The van der Waals surface area contributed by atoms with Gasteiger partial charge in [-0.2, -0.15) is 0 Å². The lowest BCUT2D eigenvalue weighted by atomic mass is 10.1. The largest absolute Gasteiger partial charge is 0.481 e. The Hall–Kier alpha value is -1.11. The molecule has 0 aromatic heterocycles. The van der Waals surface area contributed by atoms with Crippen LogP contribution in [0.1, 0.15) is 22.8 Å². The molecule has 1 rings (SSSR count). The van der Waals surface area contributed by atoms with Gasteiger partial charge in [0.25, 0.3) is 5.91 Å². The van der Waals surface area contributed by atoms with Gasteiger partial charge in [0.1, 0.15) is 0 Å². The molecule has 17 heavy (non-hydrogen) atoms. The van der Waals surface area contributed by atoms with Crippen LogP contribution in [0.3, 0.4) is 0 Å². The lowest BCUT2D eigenvalue weighted by Gasteiger charge is -2.09. The number of hydrogen-bond acceptors (Lipinski definition) is 2. The van der Waals surface area contributed by atoms with E-state index in [1.165, 1.54) is 0 Å². The Kier molecular flexibility index (Phi) is 4.92. The molecule has 0 bridgehead atoms. The van der Waals surface area contributed by atoms with Crippen molar-refractivity contribution in [1.29, 1.82) is 0 Å². The van der Waals surface area contributed by atoms with E-state index in [2.05, 4.69) is 27.9 Å². The molecule has 4 nitrogen and oxygen atoms in total. The zero-order valence-corrected chi connectivity index (χ0v) is 11.8. The van der Waals surface area contributed by atoms with Crippen molar-refractivity contribution in [2.45, 2.75) is 13.8 Å². The zero-order chi connectivity index (χ0) is 13.0. The summed E-state index contributed by atoms with van der Waals surface area (Å²) in [6.07, 6.45) is 0. The first-order chi connectivity index (χ1) is 7.91. The van der Waals surface area contributed by atoms with Crippen LogP contribution in [-0.2, 0) is 4.79 Å². The molecule has 0 radical (unpaired) electrons. The molecule has 0 fully saturated rings. The second-order valence-corrected chi connectivity index (χ2v) is 5.08. The van der Waals surface area contributed by atoms with Crippen LogP contribution in [-0.4, -0.2) is 23.5 Å². The number of benzene rings is 1. The van der Waals surface area contributed by atoms with Gasteiger partial charge < -0.3 is 10.4 Å². The van der Waals surface area contributed by atoms with E-state index in [0.717, 1.165) is 9.13 Å². The highest BCUT2D eigenvalue weighted by Crippen LogP contribution is 2.13. The minimum absolute atomic E-state index is 0.138. The van der Waals surface area contributed by atoms with Gasteiger partial charge in [-0.05, 0) is 47.2 Å². The predicted octanol–water partition coefficient (Wildman–Crippen LogP) is 2.05. The summed E-state index contributed by atoms with van der Waals surface area (Å²) in [5.41, 5.74) is 1.67. The predicted molar refractivity (Wildman–Crippen MR) is 73.0 cm³/mol. The summed E-state index contributed by atoms with van der Waals surface area (Å²) in [7, 11) is 0. The third-order valence-electron chi connectivity index (χ3n) is 2.42. The number of aliphatic carboxylic acids is 1. The van der Waals surface area contributed by atoms with Gasteiger partial charge in [-0.3, -0.25) is 9.59 Å². The molecule has 0 aliphatic rings. The maximum absolute atomic E-state index is 11.7. The number of carbonyl (C=O) groups excluding carboxylic acids is 1. The number of nitrogens with one attached hydrogen (secondary N) is 1. The Labute approximate surface area is 114 Å². The molecule has 5 heteroatoms. The number of aryl methyl sites for hydroxylation is 1. The monoisotopic (exact) mass is 347 g/mol. The first-order valence-electron chi connectivity index (χ1n) is 5.19. The normalized spacial score (nSPS) is 11.9. The average molecular weight is 347 g/mol. The Bertz CT molecular complexity index is 445. The van der Waals surface area contributed by atoms with Gasteiger partial charge in [-0.1, -0.05) is 13.0 Å². The van der Waals surface area contributed by atoms with Crippen LogP contribution < -0.4 is 5.32 Å². The summed E-state index contributed by atoms with van der Waals surface area (Å²) >= 11 is 2.16. The highest BCUT2D eigenvalue weighted by molar-refractivity contribution is 14.1. The first-order valence-corrected chi connectivity index (χ1v) is 6.27. The molecule has 0 aliphatic carbocycles. The van der Waals surface area contributed by atoms with Gasteiger partial charge in [0.2, 0.25) is 0 Å². The molecular weight excluding hydrogens is 333 g/mol. The van der Waals surface area contributed by atoms with Crippen LogP contribution in [0.15, 0.2) is 18.2 Å². The molecule has 0 spiro atoms. The second kappa shape index (κ2) is 6.00. The molecule has 1 amide bonds. The van der Waals surface area contributed by atoms with Gasteiger partial charge in [0, 0.05) is 15.7 Å². The molecule has 0 heterocycles. The number of carboxylic acids is 1. The summed E-state index contributed by atoms with van der Waals surface area (Å²) in [4.78, 5) is 22.3. The molecular formula is C12H14INO3. The van der Waals surface area contributed by atoms with Crippen LogP contribution in [0.2, 0.25) is 0 Å². The van der Waals surface area contributed by atoms with Crippen molar-refractivity contribution in [3.8, 4) is 0 Å². The summed E-state index contributed by atoms with van der Waals surface area (Å²) in [6.45, 7) is 3.66. The summed E-state index contributed by atoms with van der Waals surface area (Å²) < 4.78 is 1.02. The van der Waals surface area contributed by atoms with Crippen molar-refractivity contribution in [2.75, 3.05) is 6.54 Å². The quantitative estimate of drug-likeness (QED) is 0.820. The van der Waals surface area contributed by atoms with E-state index in [0.29, 0.717) is 5.56 Å². The standard InChI is InChI=1S/C12H14INO3/c1-7-3-4-9(5-10(7)13)11(15)14-6-8(2)12(16)17/h3-5,8H,6H2,1-2H3,(H,14,15)(H,16,17). The molecule has 1 aromatic carbocycles. The number of hydrogen-bond donors (Lipinski definition) is 2.